The van der Waals surface area contributed by atoms with Crippen LogP contribution in [0, 0.1) is 0 Å². The normalized spacial score (nSPS) is 12.5. The smallest absolute Gasteiger partial charge is 0.107 e. The molecule has 0 saturated carbocycles. The van der Waals surface area contributed by atoms with Gasteiger partial charge < -0.3 is 5.11 Å². The maximum Gasteiger partial charge on any atom is 0.107 e. The minimum absolute atomic E-state index is 0.506. The van der Waals surface area contributed by atoms with Gasteiger partial charge >= 0.3 is 0 Å². The first-order chi connectivity index (χ1) is 8.09. The summed E-state index contributed by atoms with van der Waals surface area (Å²) in [4.78, 5) is 0. The highest BCUT2D eigenvalue weighted by molar-refractivity contribution is 9.10. The highest BCUT2D eigenvalue weighted by Gasteiger charge is 2.16. The topological polar surface area (TPSA) is 20.2 Å². The van der Waals surface area contributed by atoms with E-state index in [1.807, 2.05) is 18.2 Å². The molecule has 1 nitrogen and oxygen atoms in total. The largest absolute Gasteiger partial charge is 0.384 e. The molecule has 0 aromatic heterocycles. The van der Waals surface area contributed by atoms with E-state index in [1.54, 1.807) is 24.3 Å². The zero-order chi connectivity index (χ0) is 12.4. The number of hydrogen-bond donors (Lipinski definition) is 1. The Morgan fingerprint density at radius 1 is 0.941 bits per heavy atom. The fourth-order valence-corrected chi connectivity index (χ4v) is 2.60. The quantitative estimate of drug-likeness (QED) is 0.835. The van der Waals surface area contributed by atoms with Gasteiger partial charge in [0.1, 0.15) is 6.10 Å². The zero-order valence-corrected chi connectivity index (χ0v) is 11.8. The summed E-state index contributed by atoms with van der Waals surface area (Å²) in [6.45, 7) is 0. The number of rotatable bonds is 2. The summed E-state index contributed by atoms with van der Waals surface area (Å²) in [5.41, 5.74) is 1.29. The van der Waals surface area contributed by atoms with Crippen LogP contribution >= 0.6 is 39.1 Å². The Morgan fingerprint density at radius 3 is 2.24 bits per heavy atom. The third-order valence-corrected chi connectivity index (χ3v) is 3.62. The van der Waals surface area contributed by atoms with Crippen molar-refractivity contribution in [2.45, 2.75) is 6.10 Å². The van der Waals surface area contributed by atoms with Crippen molar-refractivity contribution in [3.63, 3.8) is 0 Å². The molecule has 88 valence electrons. The van der Waals surface area contributed by atoms with Crippen molar-refractivity contribution in [1.82, 2.24) is 0 Å². The Kier molecular flexibility index (Phi) is 4.10. The van der Waals surface area contributed by atoms with Crippen LogP contribution in [0.5, 0.6) is 0 Å². The number of aliphatic hydroxyl groups is 1. The monoisotopic (exact) mass is 330 g/mol. The Labute approximate surface area is 118 Å². The molecule has 1 atom stereocenters. The third kappa shape index (κ3) is 2.83. The van der Waals surface area contributed by atoms with E-state index in [2.05, 4.69) is 15.9 Å². The van der Waals surface area contributed by atoms with Crippen LogP contribution < -0.4 is 0 Å². The van der Waals surface area contributed by atoms with E-state index in [0.29, 0.717) is 21.2 Å². The van der Waals surface area contributed by atoms with Crippen LogP contribution in [0.3, 0.4) is 0 Å². The fraction of sp³-hybridized carbons (Fsp3) is 0.0769. The average Bonchev–Trinajstić information content (AvgIpc) is 2.29. The van der Waals surface area contributed by atoms with Crippen LogP contribution in [0.25, 0.3) is 0 Å². The van der Waals surface area contributed by atoms with Crippen molar-refractivity contribution in [2.24, 2.45) is 0 Å². The second kappa shape index (κ2) is 5.40. The number of halogens is 3. The molecule has 1 unspecified atom stereocenters. The summed E-state index contributed by atoms with van der Waals surface area (Å²) in [6.07, 6.45) is -0.815. The molecule has 0 aliphatic heterocycles. The van der Waals surface area contributed by atoms with Crippen LogP contribution in [0.4, 0.5) is 0 Å². The van der Waals surface area contributed by atoms with Gasteiger partial charge in [0.25, 0.3) is 0 Å². The molecule has 2 aromatic rings. The lowest BCUT2D eigenvalue weighted by atomic mass is 10.0. The minimum atomic E-state index is -0.815. The van der Waals surface area contributed by atoms with E-state index in [-0.39, 0.29) is 0 Å². The molecule has 2 rings (SSSR count). The van der Waals surface area contributed by atoms with Gasteiger partial charge in [0.15, 0.2) is 0 Å². The van der Waals surface area contributed by atoms with E-state index < -0.39 is 6.10 Å². The van der Waals surface area contributed by atoms with Crippen molar-refractivity contribution in [1.29, 1.82) is 0 Å². The summed E-state index contributed by atoms with van der Waals surface area (Å²) in [5.74, 6) is 0. The lowest BCUT2D eigenvalue weighted by molar-refractivity contribution is 0.220. The first-order valence-electron chi connectivity index (χ1n) is 4.97. The van der Waals surface area contributed by atoms with Gasteiger partial charge in [-0.3, -0.25) is 0 Å². The molecule has 0 saturated heterocycles. The van der Waals surface area contributed by atoms with E-state index in [4.69, 9.17) is 23.2 Å². The highest BCUT2D eigenvalue weighted by atomic mass is 79.9. The van der Waals surface area contributed by atoms with Gasteiger partial charge in [0, 0.05) is 25.6 Å². The molecule has 17 heavy (non-hydrogen) atoms. The molecule has 0 radical (unpaired) electrons. The van der Waals surface area contributed by atoms with Crippen molar-refractivity contribution >= 4 is 39.1 Å². The number of benzene rings is 2. The number of aliphatic hydroxyl groups excluding tert-OH is 1. The molecule has 0 amide bonds. The molecular formula is C13H9BrCl2O. The van der Waals surface area contributed by atoms with Crippen LogP contribution in [-0.2, 0) is 0 Å². The van der Waals surface area contributed by atoms with Gasteiger partial charge in [-0.15, -0.1) is 0 Å². The van der Waals surface area contributed by atoms with E-state index in [0.717, 1.165) is 4.47 Å². The first kappa shape index (κ1) is 12.9. The molecule has 2 aromatic carbocycles. The summed E-state index contributed by atoms with van der Waals surface area (Å²) in [6, 6.07) is 12.5. The molecule has 0 heterocycles. The Bertz CT molecular complexity index is 543. The zero-order valence-electron chi connectivity index (χ0n) is 8.70. The molecule has 0 spiro atoms. The third-order valence-electron chi connectivity index (χ3n) is 2.46. The van der Waals surface area contributed by atoms with E-state index in [1.165, 1.54) is 0 Å². The SMILES string of the molecule is OC(c1ccccc1Cl)c1ccc(Br)cc1Cl. The fourth-order valence-electron chi connectivity index (χ4n) is 1.59. The first-order valence-corrected chi connectivity index (χ1v) is 6.52. The molecule has 0 aliphatic carbocycles. The van der Waals surface area contributed by atoms with Gasteiger partial charge in [-0.2, -0.15) is 0 Å². The average molecular weight is 332 g/mol. The lowest BCUT2D eigenvalue weighted by Gasteiger charge is -2.14. The van der Waals surface area contributed by atoms with Crippen LogP contribution in [0.15, 0.2) is 46.9 Å². The molecule has 1 N–H and O–H groups in total. The van der Waals surface area contributed by atoms with Crippen molar-refractivity contribution in [3.05, 3.63) is 68.1 Å². The Hall–Kier alpha value is -0.540. The summed E-state index contributed by atoms with van der Waals surface area (Å²) in [5, 5.41) is 11.3. The molecule has 0 fully saturated rings. The molecule has 0 aliphatic rings. The minimum Gasteiger partial charge on any atom is -0.384 e. The van der Waals surface area contributed by atoms with E-state index in [9.17, 15) is 5.11 Å². The second-order valence-electron chi connectivity index (χ2n) is 3.59. The highest BCUT2D eigenvalue weighted by Crippen LogP contribution is 2.33. The van der Waals surface area contributed by atoms with Gasteiger partial charge in [-0.1, -0.05) is 63.4 Å². The predicted molar refractivity (Wildman–Crippen MR) is 74.7 cm³/mol. The van der Waals surface area contributed by atoms with Gasteiger partial charge in [0.2, 0.25) is 0 Å². The standard InChI is InChI=1S/C13H9BrCl2O/c14-8-5-6-10(12(16)7-8)13(17)9-3-1-2-4-11(9)15/h1-7,13,17H. The Morgan fingerprint density at radius 2 is 1.59 bits per heavy atom. The maximum absolute atomic E-state index is 10.3. The molecule has 4 heteroatoms. The lowest BCUT2D eigenvalue weighted by Crippen LogP contribution is -2.01. The van der Waals surface area contributed by atoms with Gasteiger partial charge in [0.05, 0.1) is 0 Å². The van der Waals surface area contributed by atoms with Crippen LogP contribution in [-0.4, -0.2) is 5.11 Å². The van der Waals surface area contributed by atoms with Crippen LogP contribution in [0.1, 0.15) is 17.2 Å². The second-order valence-corrected chi connectivity index (χ2v) is 5.32. The Balaban J connectivity index is 2.44. The van der Waals surface area contributed by atoms with Crippen molar-refractivity contribution in [3.8, 4) is 0 Å². The molecule has 0 bridgehead atoms. The summed E-state index contributed by atoms with van der Waals surface area (Å²) in [7, 11) is 0. The van der Waals surface area contributed by atoms with Crippen molar-refractivity contribution in [2.75, 3.05) is 0 Å². The summed E-state index contributed by atoms with van der Waals surface area (Å²) < 4.78 is 0.873. The maximum atomic E-state index is 10.3. The van der Waals surface area contributed by atoms with E-state index >= 15 is 0 Å². The summed E-state index contributed by atoms with van der Waals surface area (Å²) >= 11 is 15.5. The molecular weight excluding hydrogens is 323 g/mol. The van der Waals surface area contributed by atoms with Gasteiger partial charge in [-0.05, 0) is 18.2 Å². The van der Waals surface area contributed by atoms with Crippen LogP contribution in [0.2, 0.25) is 10.0 Å². The van der Waals surface area contributed by atoms with Gasteiger partial charge in [-0.25, -0.2) is 0 Å². The van der Waals surface area contributed by atoms with Crippen molar-refractivity contribution < 1.29 is 5.11 Å². The predicted octanol–water partition coefficient (Wildman–Crippen LogP) is 4.84. The number of hydrogen-bond acceptors (Lipinski definition) is 1.